The van der Waals surface area contributed by atoms with Crippen molar-refractivity contribution in [1.82, 2.24) is 10.2 Å². The van der Waals surface area contributed by atoms with E-state index in [0.717, 1.165) is 31.6 Å². The van der Waals surface area contributed by atoms with E-state index in [9.17, 15) is 18.0 Å². The zero-order chi connectivity index (χ0) is 14.3. The fraction of sp³-hybridized carbons (Fsp3) is 0.500. The number of amides is 1. The Morgan fingerprint density at radius 1 is 1.20 bits per heavy atom. The van der Waals surface area contributed by atoms with Crippen molar-refractivity contribution in [2.75, 3.05) is 19.6 Å². The standard InChI is InChI=1S/C14H15F3N2O/c15-14(16,17)11-3-1-9(2-4-11)13(20)19-6-5-10-7-18-8-12(10)19/h1-4,10,12,18H,5-8H2/t10-,12+/m0/s1. The predicted octanol–water partition coefficient (Wildman–Crippen LogP) is 2.14. The van der Waals surface area contributed by atoms with E-state index in [1.165, 1.54) is 12.1 Å². The van der Waals surface area contributed by atoms with Crippen LogP contribution in [0.25, 0.3) is 0 Å². The third kappa shape index (κ3) is 2.28. The Hall–Kier alpha value is -1.56. The van der Waals surface area contributed by atoms with Gasteiger partial charge in [0.2, 0.25) is 0 Å². The number of rotatable bonds is 1. The van der Waals surface area contributed by atoms with Crippen molar-refractivity contribution < 1.29 is 18.0 Å². The highest BCUT2D eigenvalue weighted by Crippen LogP contribution is 2.31. The summed E-state index contributed by atoms with van der Waals surface area (Å²) in [5.41, 5.74) is -0.401. The van der Waals surface area contributed by atoms with Crippen LogP contribution in [0.2, 0.25) is 0 Å². The minimum Gasteiger partial charge on any atom is -0.334 e. The van der Waals surface area contributed by atoms with Crippen LogP contribution in [0.1, 0.15) is 22.3 Å². The molecule has 1 amide bonds. The van der Waals surface area contributed by atoms with Crippen LogP contribution < -0.4 is 5.32 Å². The summed E-state index contributed by atoms with van der Waals surface area (Å²) in [6.45, 7) is 2.38. The molecule has 108 valence electrons. The minimum absolute atomic E-state index is 0.171. The van der Waals surface area contributed by atoms with Gasteiger partial charge < -0.3 is 10.2 Å². The Labute approximate surface area is 114 Å². The molecule has 2 aliphatic rings. The summed E-state index contributed by atoms with van der Waals surface area (Å²) in [4.78, 5) is 14.2. The quantitative estimate of drug-likeness (QED) is 0.857. The molecule has 2 atom stereocenters. The van der Waals surface area contributed by atoms with E-state index >= 15 is 0 Å². The van der Waals surface area contributed by atoms with Crippen LogP contribution in [-0.2, 0) is 6.18 Å². The molecule has 3 nitrogen and oxygen atoms in total. The molecule has 0 aromatic heterocycles. The maximum Gasteiger partial charge on any atom is 0.416 e. The highest BCUT2D eigenvalue weighted by Gasteiger charge is 2.40. The van der Waals surface area contributed by atoms with Gasteiger partial charge in [-0.3, -0.25) is 4.79 Å². The Balaban J connectivity index is 1.77. The first-order valence-corrected chi connectivity index (χ1v) is 6.66. The third-order valence-electron chi connectivity index (χ3n) is 4.17. The average Bonchev–Trinajstić information content (AvgIpc) is 2.99. The van der Waals surface area contributed by atoms with Crippen molar-refractivity contribution in [3.05, 3.63) is 35.4 Å². The smallest absolute Gasteiger partial charge is 0.334 e. The molecule has 20 heavy (non-hydrogen) atoms. The topological polar surface area (TPSA) is 32.3 Å². The number of alkyl halides is 3. The number of carbonyl (C=O) groups excluding carboxylic acids is 1. The number of carbonyl (C=O) groups is 1. The fourth-order valence-corrected chi connectivity index (χ4v) is 3.07. The normalized spacial score (nSPS) is 25.9. The minimum atomic E-state index is -4.37. The van der Waals surface area contributed by atoms with E-state index < -0.39 is 11.7 Å². The number of hydrogen-bond acceptors (Lipinski definition) is 2. The number of nitrogens with zero attached hydrogens (tertiary/aromatic N) is 1. The maximum absolute atomic E-state index is 12.5. The summed E-state index contributed by atoms with van der Waals surface area (Å²) < 4.78 is 37.5. The SMILES string of the molecule is O=C(c1ccc(C(F)(F)F)cc1)N1CC[C@H]2CNC[C@H]21. The second-order valence-electron chi connectivity index (χ2n) is 5.35. The molecule has 2 heterocycles. The van der Waals surface area contributed by atoms with Crippen molar-refractivity contribution in [1.29, 1.82) is 0 Å². The van der Waals surface area contributed by atoms with E-state index in [2.05, 4.69) is 5.32 Å². The number of benzene rings is 1. The first-order valence-electron chi connectivity index (χ1n) is 6.66. The number of hydrogen-bond donors (Lipinski definition) is 1. The molecule has 0 bridgehead atoms. The summed E-state index contributed by atoms with van der Waals surface area (Å²) in [5, 5.41) is 3.25. The molecule has 0 saturated carbocycles. The van der Waals surface area contributed by atoms with Gasteiger partial charge in [-0.05, 0) is 36.6 Å². The van der Waals surface area contributed by atoms with Gasteiger partial charge in [0.1, 0.15) is 0 Å². The van der Waals surface area contributed by atoms with Crippen molar-refractivity contribution in [3.8, 4) is 0 Å². The first-order chi connectivity index (χ1) is 9.47. The predicted molar refractivity (Wildman–Crippen MR) is 67.2 cm³/mol. The van der Waals surface area contributed by atoms with Crippen LogP contribution in [0, 0.1) is 5.92 Å². The Morgan fingerprint density at radius 2 is 1.90 bits per heavy atom. The molecule has 2 aliphatic heterocycles. The van der Waals surface area contributed by atoms with Gasteiger partial charge in [0.05, 0.1) is 5.56 Å². The zero-order valence-corrected chi connectivity index (χ0v) is 10.8. The molecule has 3 rings (SSSR count). The van der Waals surface area contributed by atoms with Gasteiger partial charge in [-0.25, -0.2) is 0 Å². The van der Waals surface area contributed by atoms with Crippen LogP contribution in [0.3, 0.4) is 0 Å². The number of likely N-dealkylation sites (tertiary alicyclic amines) is 1. The maximum atomic E-state index is 12.5. The molecular formula is C14H15F3N2O. The molecule has 1 N–H and O–H groups in total. The lowest BCUT2D eigenvalue weighted by molar-refractivity contribution is -0.137. The van der Waals surface area contributed by atoms with Crippen molar-refractivity contribution >= 4 is 5.91 Å². The Kier molecular flexibility index (Phi) is 3.20. The van der Waals surface area contributed by atoms with Crippen LogP contribution in [-0.4, -0.2) is 36.5 Å². The zero-order valence-electron chi connectivity index (χ0n) is 10.8. The molecule has 1 aromatic rings. The molecule has 0 aliphatic carbocycles. The highest BCUT2D eigenvalue weighted by molar-refractivity contribution is 5.94. The van der Waals surface area contributed by atoms with Gasteiger partial charge in [0.15, 0.2) is 0 Å². The van der Waals surface area contributed by atoms with E-state index in [1.807, 2.05) is 0 Å². The first kappa shape index (κ1) is 13.4. The van der Waals surface area contributed by atoms with E-state index in [0.29, 0.717) is 18.0 Å². The molecule has 6 heteroatoms. The molecule has 0 radical (unpaired) electrons. The summed E-state index contributed by atoms with van der Waals surface area (Å²) in [6.07, 6.45) is -3.40. The second-order valence-corrected chi connectivity index (χ2v) is 5.35. The molecule has 2 saturated heterocycles. The van der Waals surface area contributed by atoms with Gasteiger partial charge in [-0.15, -0.1) is 0 Å². The number of fused-ring (bicyclic) bond motifs is 1. The Morgan fingerprint density at radius 3 is 2.55 bits per heavy atom. The van der Waals surface area contributed by atoms with E-state index in [-0.39, 0.29) is 11.9 Å². The van der Waals surface area contributed by atoms with Crippen LogP contribution in [0.4, 0.5) is 13.2 Å². The van der Waals surface area contributed by atoms with E-state index in [1.54, 1.807) is 4.90 Å². The van der Waals surface area contributed by atoms with Crippen molar-refractivity contribution in [3.63, 3.8) is 0 Å². The number of nitrogens with one attached hydrogen (secondary N) is 1. The third-order valence-corrected chi connectivity index (χ3v) is 4.17. The van der Waals surface area contributed by atoms with Gasteiger partial charge in [0, 0.05) is 31.2 Å². The highest BCUT2D eigenvalue weighted by atomic mass is 19.4. The summed E-state index contributed by atoms with van der Waals surface area (Å²) >= 11 is 0. The van der Waals surface area contributed by atoms with Crippen LogP contribution in [0.5, 0.6) is 0 Å². The van der Waals surface area contributed by atoms with Gasteiger partial charge in [0.25, 0.3) is 5.91 Å². The molecular weight excluding hydrogens is 269 g/mol. The van der Waals surface area contributed by atoms with Crippen molar-refractivity contribution in [2.45, 2.75) is 18.6 Å². The number of halogens is 3. The van der Waals surface area contributed by atoms with Gasteiger partial charge in [-0.1, -0.05) is 0 Å². The monoisotopic (exact) mass is 284 g/mol. The summed E-state index contributed by atoms with van der Waals surface area (Å²) in [7, 11) is 0. The lowest BCUT2D eigenvalue weighted by Gasteiger charge is -2.23. The van der Waals surface area contributed by atoms with Crippen LogP contribution >= 0.6 is 0 Å². The average molecular weight is 284 g/mol. The van der Waals surface area contributed by atoms with Gasteiger partial charge >= 0.3 is 6.18 Å². The molecule has 1 aromatic carbocycles. The largest absolute Gasteiger partial charge is 0.416 e. The van der Waals surface area contributed by atoms with Gasteiger partial charge in [-0.2, -0.15) is 13.2 Å². The lowest BCUT2D eigenvalue weighted by atomic mass is 10.0. The summed E-state index contributed by atoms with van der Waals surface area (Å²) in [5.74, 6) is 0.309. The van der Waals surface area contributed by atoms with Crippen LogP contribution in [0.15, 0.2) is 24.3 Å². The summed E-state index contributed by atoms with van der Waals surface area (Å²) in [6, 6.07) is 4.65. The lowest BCUT2D eigenvalue weighted by Crippen LogP contribution is -2.39. The van der Waals surface area contributed by atoms with E-state index in [4.69, 9.17) is 0 Å². The Bertz CT molecular complexity index is 512. The fourth-order valence-electron chi connectivity index (χ4n) is 3.07. The van der Waals surface area contributed by atoms with Crippen molar-refractivity contribution in [2.24, 2.45) is 5.92 Å². The second kappa shape index (κ2) is 4.77. The molecule has 2 fully saturated rings. The molecule has 0 unspecified atom stereocenters. The molecule has 0 spiro atoms.